The molecule has 1 amide bonds. The molecule has 2 aliphatic rings. The molecule has 8 nitrogen and oxygen atoms in total. The third-order valence-electron chi connectivity index (χ3n) is 6.12. The van der Waals surface area contributed by atoms with Crippen LogP contribution in [0.25, 0.3) is 0 Å². The fourth-order valence-electron chi connectivity index (χ4n) is 4.81. The minimum Gasteiger partial charge on any atom is -0.490 e. The number of nitrogens with one attached hydrogen (secondary N) is 1. The van der Waals surface area contributed by atoms with Gasteiger partial charge in [-0.15, -0.1) is 0 Å². The van der Waals surface area contributed by atoms with Gasteiger partial charge >= 0.3 is 0 Å². The first-order valence-electron chi connectivity index (χ1n) is 11.0. The van der Waals surface area contributed by atoms with Crippen molar-refractivity contribution < 1.29 is 14.6 Å². The number of hydrogen-bond acceptors (Lipinski definition) is 5. The normalized spacial score (nSPS) is 19.4. The quantitative estimate of drug-likeness (QED) is 0.464. The summed E-state index contributed by atoms with van der Waals surface area (Å²) in [6.45, 7) is 4.01. The minimum atomic E-state index is -0.0771. The number of nitrogens with two attached hydrogens (primary N) is 1. The molecule has 4 rings (SSSR count). The Morgan fingerprint density at radius 3 is 2.85 bits per heavy atom. The van der Waals surface area contributed by atoms with Crippen LogP contribution in [0, 0.1) is 22.7 Å². The average Bonchev–Trinajstić information content (AvgIpc) is 3.28. The molecule has 2 atom stereocenters. The lowest BCUT2D eigenvalue weighted by Gasteiger charge is -2.24. The zero-order valence-corrected chi connectivity index (χ0v) is 18.7. The van der Waals surface area contributed by atoms with Crippen LogP contribution in [-0.4, -0.2) is 46.8 Å². The number of aliphatic hydroxyl groups excluding tert-OH is 1. The summed E-state index contributed by atoms with van der Waals surface area (Å²) in [5, 5.41) is 27.4. The first-order valence-corrected chi connectivity index (χ1v) is 11.0. The van der Waals surface area contributed by atoms with Crippen molar-refractivity contribution in [3.8, 4) is 11.8 Å². The number of hydrogen-bond donors (Lipinski definition) is 3. The van der Waals surface area contributed by atoms with E-state index in [1.165, 1.54) is 0 Å². The molecule has 4 N–H and O–H groups in total. The van der Waals surface area contributed by atoms with E-state index >= 15 is 0 Å². The lowest BCUT2D eigenvalue weighted by atomic mass is 10.0. The van der Waals surface area contributed by atoms with Gasteiger partial charge in [-0.05, 0) is 55.5 Å². The van der Waals surface area contributed by atoms with E-state index in [1.54, 1.807) is 23.1 Å². The molecule has 0 spiro atoms. The van der Waals surface area contributed by atoms with Crippen molar-refractivity contribution in [1.82, 2.24) is 4.90 Å². The molecular weight excluding hydrogens is 418 g/mol. The zero-order chi connectivity index (χ0) is 23.7. The van der Waals surface area contributed by atoms with E-state index in [0.717, 1.165) is 11.1 Å². The van der Waals surface area contributed by atoms with E-state index in [4.69, 9.17) is 15.9 Å². The van der Waals surface area contributed by atoms with Crippen LogP contribution in [0.3, 0.4) is 0 Å². The van der Waals surface area contributed by atoms with Gasteiger partial charge in [0.05, 0.1) is 24.3 Å². The van der Waals surface area contributed by atoms with Crippen LogP contribution in [0.5, 0.6) is 5.75 Å². The van der Waals surface area contributed by atoms with Crippen LogP contribution >= 0.6 is 0 Å². The maximum atomic E-state index is 12.3. The van der Waals surface area contributed by atoms with Crippen molar-refractivity contribution in [2.45, 2.75) is 38.8 Å². The lowest BCUT2D eigenvalue weighted by molar-refractivity contribution is -0.129. The second-order valence-corrected chi connectivity index (χ2v) is 8.63. The molecule has 1 fully saturated rings. The number of carbonyl (C=O) groups excluding carboxylic acids is 1. The number of likely N-dealkylation sites (tertiary alicyclic amines) is 1. The number of benzene rings is 2. The van der Waals surface area contributed by atoms with E-state index in [-0.39, 0.29) is 42.2 Å². The molecule has 1 aliphatic heterocycles. The minimum absolute atomic E-state index is 0.0328. The number of amides is 1. The summed E-state index contributed by atoms with van der Waals surface area (Å²) in [7, 11) is 0. The van der Waals surface area contributed by atoms with E-state index in [0.29, 0.717) is 41.8 Å². The van der Waals surface area contributed by atoms with Gasteiger partial charge in [-0.1, -0.05) is 18.2 Å². The van der Waals surface area contributed by atoms with Gasteiger partial charge in [0.1, 0.15) is 17.7 Å². The maximum Gasteiger partial charge on any atom is 0.223 e. The first kappa shape index (κ1) is 22.5. The number of fused-ring (bicyclic) bond motifs is 3. The van der Waals surface area contributed by atoms with Crippen molar-refractivity contribution in [2.24, 2.45) is 16.6 Å². The average molecular weight is 446 g/mol. The highest BCUT2D eigenvalue weighted by molar-refractivity contribution is 6.10. The maximum absolute atomic E-state index is 12.3. The highest BCUT2D eigenvalue weighted by Gasteiger charge is 2.46. The van der Waals surface area contributed by atoms with E-state index in [9.17, 15) is 15.2 Å². The van der Waals surface area contributed by atoms with Crippen LogP contribution in [0.4, 0.5) is 0 Å². The summed E-state index contributed by atoms with van der Waals surface area (Å²) in [6.07, 6.45) is 1.06. The van der Waals surface area contributed by atoms with Crippen LogP contribution in [0.15, 0.2) is 41.4 Å². The fraction of sp³-hybridized carbons (Fsp3) is 0.360. The van der Waals surface area contributed by atoms with Crippen molar-refractivity contribution >= 4 is 17.6 Å². The Hall–Kier alpha value is -3.70. The second-order valence-electron chi connectivity index (χ2n) is 8.63. The van der Waals surface area contributed by atoms with Crippen LogP contribution in [0.2, 0.25) is 0 Å². The first-order chi connectivity index (χ1) is 15.8. The van der Waals surface area contributed by atoms with Crippen molar-refractivity contribution in [3.63, 3.8) is 0 Å². The summed E-state index contributed by atoms with van der Waals surface area (Å²) in [6, 6.07) is 12.8. The molecule has 2 aromatic rings. The molecule has 8 heteroatoms. The zero-order valence-electron chi connectivity index (χ0n) is 18.7. The molecule has 2 aromatic carbocycles. The Labute approximate surface area is 192 Å². The van der Waals surface area contributed by atoms with Gasteiger partial charge in [0.2, 0.25) is 5.91 Å². The number of amidine groups is 2. The number of nitrogens with zero attached hydrogens (tertiary/aromatic N) is 3. The topological polar surface area (TPSA) is 136 Å². The molecule has 170 valence electrons. The molecule has 0 saturated carbocycles. The van der Waals surface area contributed by atoms with Gasteiger partial charge in [0.25, 0.3) is 0 Å². The largest absolute Gasteiger partial charge is 0.490 e. The van der Waals surface area contributed by atoms with Gasteiger partial charge in [-0.2, -0.15) is 5.26 Å². The predicted octanol–water partition coefficient (Wildman–Crippen LogP) is 2.51. The number of carbonyl (C=O) groups is 1. The van der Waals surface area contributed by atoms with Gasteiger partial charge < -0.3 is 20.5 Å². The van der Waals surface area contributed by atoms with Crippen molar-refractivity contribution in [3.05, 3.63) is 64.2 Å². The molecule has 1 unspecified atom stereocenters. The van der Waals surface area contributed by atoms with Gasteiger partial charge in [0.15, 0.2) is 5.84 Å². The van der Waals surface area contributed by atoms with E-state index < -0.39 is 0 Å². The Morgan fingerprint density at radius 1 is 1.36 bits per heavy atom. The molecule has 1 aliphatic carbocycles. The standard InChI is InChI=1S/C25H27N5O3/c1-14(2)33-21-7-6-15(10-17(21)13-26)24(27)29-25(28)19-5-3-4-18-20(19)11-16-12-22(32)30(8-9-31)23(16)18/h3-7,10,14,16,23,31H,8-9,11-12H2,1-2H3,(H3,27,28,29)/t16?,23-/m0/s1. The van der Waals surface area contributed by atoms with Crippen LogP contribution in [-0.2, 0) is 11.2 Å². The van der Waals surface area contributed by atoms with E-state index in [1.807, 2.05) is 32.0 Å². The highest BCUT2D eigenvalue weighted by atomic mass is 16.5. The SMILES string of the molecule is CC(C)Oc1ccc(/C(N)=N/C(=N)c2cccc3c2CC2CC(=O)N(CCO)[C@H]32)cc1C#N. The highest BCUT2D eigenvalue weighted by Crippen LogP contribution is 2.47. The molecule has 0 aromatic heterocycles. The second kappa shape index (κ2) is 9.04. The van der Waals surface area contributed by atoms with Crippen LogP contribution in [0.1, 0.15) is 54.1 Å². The summed E-state index contributed by atoms with van der Waals surface area (Å²) in [4.78, 5) is 18.4. The fourth-order valence-corrected chi connectivity index (χ4v) is 4.81. The third kappa shape index (κ3) is 4.20. The van der Waals surface area contributed by atoms with Gasteiger partial charge in [0, 0.05) is 24.1 Å². The Balaban J connectivity index is 1.62. The molecule has 0 bridgehead atoms. The van der Waals surface area contributed by atoms with Gasteiger partial charge in [-0.3, -0.25) is 10.2 Å². The molecule has 1 saturated heterocycles. The number of β-amino-alcohol motifs (C(OH)–C–C–N with tert-alkyl or cyclic N) is 1. The summed E-state index contributed by atoms with van der Waals surface area (Å²) >= 11 is 0. The Morgan fingerprint density at radius 2 is 2.15 bits per heavy atom. The van der Waals surface area contributed by atoms with E-state index in [2.05, 4.69) is 11.1 Å². The van der Waals surface area contributed by atoms with Crippen LogP contribution < -0.4 is 10.5 Å². The number of aliphatic hydroxyl groups is 1. The summed E-state index contributed by atoms with van der Waals surface area (Å²) in [5.74, 6) is 0.853. The smallest absolute Gasteiger partial charge is 0.223 e. The predicted molar refractivity (Wildman–Crippen MR) is 124 cm³/mol. The monoisotopic (exact) mass is 445 g/mol. The summed E-state index contributed by atoms with van der Waals surface area (Å²) in [5.41, 5.74) is 9.79. The molecular formula is C25H27N5O3. The molecule has 33 heavy (non-hydrogen) atoms. The Kier molecular flexibility index (Phi) is 6.16. The molecule has 1 heterocycles. The Bertz CT molecular complexity index is 1180. The van der Waals surface area contributed by atoms with Gasteiger partial charge in [-0.25, -0.2) is 4.99 Å². The number of aliphatic imine (C=N–C) groups is 1. The van der Waals surface area contributed by atoms with Crippen molar-refractivity contribution in [2.75, 3.05) is 13.2 Å². The number of rotatable bonds is 6. The number of ether oxygens (including phenoxy) is 1. The third-order valence-corrected chi connectivity index (χ3v) is 6.12. The summed E-state index contributed by atoms with van der Waals surface area (Å²) < 4.78 is 5.65. The molecule has 0 radical (unpaired) electrons. The number of nitriles is 1. The van der Waals surface area contributed by atoms with Crippen molar-refractivity contribution in [1.29, 1.82) is 10.7 Å². The lowest BCUT2D eigenvalue weighted by Crippen LogP contribution is -2.30.